The van der Waals surface area contributed by atoms with Crippen molar-refractivity contribution in [2.75, 3.05) is 18.9 Å². The Balaban J connectivity index is 1.94. The number of carbonyl (C=O) groups is 1. The van der Waals surface area contributed by atoms with Crippen LogP contribution in [0.4, 0.5) is 0 Å². The lowest BCUT2D eigenvalue weighted by Gasteiger charge is -2.11. The summed E-state index contributed by atoms with van der Waals surface area (Å²) in [7, 11) is -3.53. The topological polar surface area (TPSA) is 92.7 Å². The third kappa shape index (κ3) is 4.90. The summed E-state index contributed by atoms with van der Waals surface area (Å²) in [5.74, 6) is 0.326. The molecule has 1 aromatic carbocycles. The van der Waals surface area contributed by atoms with E-state index >= 15 is 0 Å². The van der Waals surface area contributed by atoms with Crippen molar-refractivity contribution in [3.05, 3.63) is 24.3 Å². The average molecular weight is 331 g/mol. The first-order chi connectivity index (χ1) is 9.97. The molecule has 1 atom stereocenters. The van der Waals surface area contributed by atoms with Crippen LogP contribution in [-0.4, -0.2) is 43.6 Å². The van der Waals surface area contributed by atoms with E-state index < -0.39 is 22.6 Å². The Bertz CT molecular complexity index is 579. The van der Waals surface area contributed by atoms with Gasteiger partial charge in [0.05, 0.1) is 4.90 Å². The van der Waals surface area contributed by atoms with Crippen molar-refractivity contribution in [1.29, 1.82) is 0 Å². The van der Waals surface area contributed by atoms with Gasteiger partial charge >= 0.3 is 5.97 Å². The molecule has 0 saturated carbocycles. The van der Waals surface area contributed by atoms with Crippen molar-refractivity contribution in [2.24, 2.45) is 0 Å². The van der Waals surface area contributed by atoms with Crippen molar-refractivity contribution in [1.82, 2.24) is 4.72 Å². The first-order valence-electron chi connectivity index (χ1n) is 6.53. The summed E-state index contributed by atoms with van der Waals surface area (Å²) < 4.78 is 31.8. The van der Waals surface area contributed by atoms with Crippen molar-refractivity contribution >= 4 is 27.8 Å². The number of carboxylic acids is 1. The maximum Gasteiger partial charge on any atom is 0.341 e. The molecule has 1 saturated heterocycles. The normalized spacial score (nSPS) is 18.6. The Kier molecular flexibility index (Phi) is 5.49. The van der Waals surface area contributed by atoms with Crippen molar-refractivity contribution in [3.63, 3.8) is 0 Å². The molecule has 1 aliphatic heterocycles. The number of aliphatic carboxylic acids is 1. The molecule has 1 aromatic rings. The van der Waals surface area contributed by atoms with Crippen LogP contribution in [-0.2, 0) is 14.8 Å². The third-order valence-corrected chi connectivity index (χ3v) is 5.86. The molecule has 116 valence electrons. The maximum absolute atomic E-state index is 12.1. The second-order valence-electron chi connectivity index (χ2n) is 4.64. The van der Waals surface area contributed by atoms with Gasteiger partial charge in [0.15, 0.2) is 6.61 Å². The molecule has 0 aromatic heterocycles. The highest BCUT2D eigenvalue weighted by atomic mass is 32.2. The van der Waals surface area contributed by atoms with Crippen molar-refractivity contribution < 1.29 is 23.1 Å². The lowest BCUT2D eigenvalue weighted by molar-refractivity contribution is -0.139. The Morgan fingerprint density at radius 2 is 2.10 bits per heavy atom. The van der Waals surface area contributed by atoms with Crippen LogP contribution in [0.5, 0.6) is 5.75 Å². The van der Waals surface area contributed by atoms with Crippen LogP contribution >= 0.6 is 11.8 Å². The molecular formula is C13H17NO5S2. The summed E-state index contributed by atoms with van der Waals surface area (Å²) in [5, 5.41) is 8.84. The van der Waals surface area contributed by atoms with Gasteiger partial charge in [0.1, 0.15) is 5.75 Å². The van der Waals surface area contributed by atoms with Crippen LogP contribution in [0, 0.1) is 0 Å². The maximum atomic E-state index is 12.1. The van der Waals surface area contributed by atoms with E-state index in [4.69, 9.17) is 9.84 Å². The minimum Gasteiger partial charge on any atom is -0.482 e. The zero-order valence-corrected chi connectivity index (χ0v) is 13.0. The van der Waals surface area contributed by atoms with E-state index in [0.717, 1.165) is 18.6 Å². The van der Waals surface area contributed by atoms with Gasteiger partial charge in [0.25, 0.3) is 0 Å². The molecule has 1 heterocycles. The number of thioether (sulfide) groups is 1. The predicted octanol–water partition coefficient (Wildman–Crippen LogP) is 1.32. The van der Waals surface area contributed by atoms with Gasteiger partial charge in [-0.05, 0) is 42.9 Å². The monoisotopic (exact) mass is 331 g/mol. The predicted molar refractivity (Wildman–Crippen MR) is 80.2 cm³/mol. The van der Waals surface area contributed by atoms with Gasteiger partial charge < -0.3 is 9.84 Å². The number of nitrogens with one attached hydrogen (secondary N) is 1. The second-order valence-corrected chi connectivity index (χ2v) is 7.82. The third-order valence-electron chi connectivity index (χ3n) is 3.02. The minimum absolute atomic E-state index is 0.146. The highest BCUT2D eigenvalue weighted by molar-refractivity contribution is 8.00. The number of ether oxygens (including phenoxy) is 1. The van der Waals surface area contributed by atoms with Crippen LogP contribution in [0.15, 0.2) is 29.2 Å². The summed E-state index contributed by atoms with van der Waals surface area (Å²) in [4.78, 5) is 10.5. The van der Waals surface area contributed by atoms with Crippen LogP contribution in [0.25, 0.3) is 0 Å². The van der Waals surface area contributed by atoms with Gasteiger partial charge in [0, 0.05) is 11.8 Å². The molecule has 0 aliphatic carbocycles. The lowest BCUT2D eigenvalue weighted by atomic mass is 10.2. The van der Waals surface area contributed by atoms with Gasteiger partial charge in [-0.1, -0.05) is 0 Å². The molecule has 0 radical (unpaired) electrons. The van der Waals surface area contributed by atoms with Gasteiger partial charge in [-0.2, -0.15) is 11.8 Å². The summed E-state index contributed by atoms with van der Waals surface area (Å²) in [6.07, 6.45) is 2.17. The highest BCUT2D eigenvalue weighted by Crippen LogP contribution is 2.25. The van der Waals surface area contributed by atoms with E-state index in [0.29, 0.717) is 17.5 Å². The fraction of sp³-hybridized carbons (Fsp3) is 0.462. The summed E-state index contributed by atoms with van der Waals surface area (Å²) >= 11 is 1.79. The first-order valence-corrected chi connectivity index (χ1v) is 9.06. The van der Waals surface area contributed by atoms with Crippen LogP contribution in [0.1, 0.15) is 12.8 Å². The Morgan fingerprint density at radius 1 is 1.38 bits per heavy atom. The van der Waals surface area contributed by atoms with Gasteiger partial charge in [-0.25, -0.2) is 17.9 Å². The number of benzene rings is 1. The SMILES string of the molecule is O=C(O)COc1ccc(S(=O)(=O)NCC2CCCS2)cc1. The summed E-state index contributed by atoms with van der Waals surface area (Å²) in [5.41, 5.74) is 0. The van der Waals surface area contributed by atoms with Crippen LogP contribution in [0.2, 0.25) is 0 Å². The van der Waals surface area contributed by atoms with E-state index in [1.54, 1.807) is 11.8 Å². The summed E-state index contributed by atoms with van der Waals surface area (Å²) in [6, 6.07) is 5.70. The number of sulfonamides is 1. The zero-order valence-electron chi connectivity index (χ0n) is 11.3. The lowest BCUT2D eigenvalue weighted by Crippen LogP contribution is -2.29. The highest BCUT2D eigenvalue weighted by Gasteiger charge is 2.20. The van der Waals surface area contributed by atoms with E-state index in [-0.39, 0.29) is 4.90 Å². The minimum atomic E-state index is -3.53. The van der Waals surface area contributed by atoms with Crippen LogP contribution in [0.3, 0.4) is 0 Å². The average Bonchev–Trinajstić information content (AvgIpc) is 2.97. The van der Waals surface area contributed by atoms with Crippen LogP contribution < -0.4 is 9.46 Å². The number of hydrogen-bond acceptors (Lipinski definition) is 5. The molecule has 6 nitrogen and oxygen atoms in total. The quantitative estimate of drug-likeness (QED) is 0.783. The van der Waals surface area contributed by atoms with E-state index in [1.807, 2.05) is 0 Å². The zero-order chi connectivity index (χ0) is 15.3. The van der Waals surface area contributed by atoms with Gasteiger partial charge in [-0.15, -0.1) is 0 Å². The first kappa shape index (κ1) is 16.1. The number of hydrogen-bond donors (Lipinski definition) is 2. The van der Waals surface area contributed by atoms with Gasteiger partial charge in [-0.3, -0.25) is 0 Å². The van der Waals surface area contributed by atoms with Gasteiger partial charge in [0.2, 0.25) is 10.0 Å². The van der Waals surface area contributed by atoms with E-state index in [1.165, 1.54) is 24.3 Å². The Hall–Kier alpha value is -1.25. The fourth-order valence-electron chi connectivity index (χ4n) is 1.95. The molecule has 8 heteroatoms. The smallest absolute Gasteiger partial charge is 0.341 e. The molecule has 1 aliphatic rings. The molecule has 1 unspecified atom stereocenters. The van der Waals surface area contributed by atoms with Crippen molar-refractivity contribution in [2.45, 2.75) is 23.0 Å². The molecule has 0 spiro atoms. The standard InChI is InChI=1S/C13H17NO5S2/c15-13(16)9-19-10-3-5-12(6-4-10)21(17,18)14-8-11-2-1-7-20-11/h3-6,11,14H,1-2,7-9H2,(H,15,16). The fourth-order valence-corrected chi connectivity index (χ4v) is 4.34. The van der Waals surface area contributed by atoms with Crippen molar-refractivity contribution in [3.8, 4) is 5.75 Å². The molecule has 1 fully saturated rings. The number of carboxylic acid groups (broad SMARTS) is 1. The largest absolute Gasteiger partial charge is 0.482 e. The molecular weight excluding hydrogens is 314 g/mol. The molecule has 2 N–H and O–H groups in total. The van der Waals surface area contributed by atoms with E-state index in [9.17, 15) is 13.2 Å². The molecule has 0 bridgehead atoms. The second kappa shape index (κ2) is 7.15. The van der Waals surface area contributed by atoms with E-state index in [2.05, 4.69) is 4.72 Å². The summed E-state index contributed by atoms with van der Waals surface area (Å²) in [6.45, 7) is -0.0203. The Morgan fingerprint density at radius 3 is 2.67 bits per heavy atom. The molecule has 21 heavy (non-hydrogen) atoms. The molecule has 0 amide bonds. The Labute approximate surface area is 127 Å². The molecule has 2 rings (SSSR count). The number of rotatable bonds is 7.